The van der Waals surface area contributed by atoms with Crippen molar-refractivity contribution in [2.75, 3.05) is 31.6 Å². The van der Waals surface area contributed by atoms with E-state index in [0.29, 0.717) is 18.9 Å². The van der Waals surface area contributed by atoms with Gasteiger partial charge in [-0.3, -0.25) is 4.90 Å². The second kappa shape index (κ2) is 8.97. The number of rotatable bonds is 5. The van der Waals surface area contributed by atoms with E-state index in [-0.39, 0.29) is 12.1 Å². The van der Waals surface area contributed by atoms with Crippen LogP contribution >= 0.6 is 0 Å². The molecule has 0 radical (unpaired) electrons. The number of benzene rings is 2. The van der Waals surface area contributed by atoms with Crippen molar-refractivity contribution >= 4 is 11.7 Å². The van der Waals surface area contributed by atoms with Crippen LogP contribution in [0.5, 0.6) is 11.5 Å². The molecule has 148 valence electrons. The summed E-state index contributed by atoms with van der Waals surface area (Å²) in [4.78, 5) is 14.7. The quantitative estimate of drug-likeness (QED) is 0.830. The van der Waals surface area contributed by atoms with Gasteiger partial charge in [-0.2, -0.15) is 0 Å². The van der Waals surface area contributed by atoms with Crippen LogP contribution in [0.1, 0.15) is 24.8 Å². The third-order valence-electron chi connectivity index (χ3n) is 5.10. The van der Waals surface area contributed by atoms with E-state index in [9.17, 15) is 4.79 Å². The van der Waals surface area contributed by atoms with Crippen molar-refractivity contribution in [1.82, 2.24) is 10.2 Å². The summed E-state index contributed by atoms with van der Waals surface area (Å²) < 4.78 is 11.5. The van der Waals surface area contributed by atoms with E-state index in [0.717, 1.165) is 31.1 Å². The van der Waals surface area contributed by atoms with Crippen LogP contribution in [0, 0.1) is 0 Å². The molecule has 2 aliphatic heterocycles. The molecule has 0 aliphatic carbocycles. The average molecular weight is 381 g/mol. The minimum Gasteiger partial charge on any atom is -0.486 e. The van der Waals surface area contributed by atoms with Crippen molar-refractivity contribution < 1.29 is 14.3 Å². The number of urea groups is 1. The zero-order valence-corrected chi connectivity index (χ0v) is 16.0. The number of nitrogens with one attached hydrogen (secondary N) is 2. The number of likely N-dealkylation sites (tertiary alicyclic amines) is 1. The van der Waals surface area contributed by atoms with Crippen LogP contribution in [0.25, 0.3) is 0 Å². The molecule has 0 saturated carbocycles. The van der Waals surface area contributed by atoms with Gasteiger partial charge in [0.1, 0.15) is 6.61 Å². The molecule has 4 rings (SSSR count). The van der Waals surface area contributed by atoms with Gasteiger partial charge < -0.3 is 20.1 Å². The van der Waals surface area contributed by atoms with Gasteiger partial charge >= 0.3 is 6.03 Å². The number of nitrogens with zero attached hydrogens (tertiary/aromatic N) is 1. The van der Waals surface area contributed by atoms with Gasteiger partial charge in [0.15, 0.2) is 17.6 Å². The molecule has 1 saturated heterocycles. The average Bonchev–Trinajstić information content (AvgIpc) is 2.73. The molecule has 2 amide bonds. The lowest BCUT2D eigenvalue weighted by molar-refractivity contribution is 0.0922. The Morgan fingerprint density at radius 1 is 1.04 bits per heavy atom. The van der Waals surface area contributed by atoms with Crippen molar-refractivity contribution in [2.24, 2.45) is 0 Å². The number of amides is 2. The maximum atomic E-state index is 12.3. The molecule has 1 fully saturated rings. The molecule has 2 aliphatic rings. The van der Waals surface area contributed by atoms with Gasteiger partial charge in [0.05, 0.1) is 6.54 Å². The summed E-state index contributed by atoms with van der Waals surface area (Å²) in [7, 11) is 0. The molecule has 0 aromatic heterocycles. The lowest BCUT2D eigenvalue weighted by Crippen LogP contribution is -2.42. The number of fused-ring (bicyclic) bond motifs is 1. The van der Waals surface area contributed by atoms with E-state index in [4.69, 9.17) is 9.47 Å². The number of ether oxygens (including phenoxy) is 2. The SMILES string of the molecule is O=C(NC[C@@H]1COc2ccccc2O1)Nc1cccc(CN2CCCCC2)c1. The summed E-state index contributed by atoms with van der Waals surface area (Å²) >= 11 is 0. The van der Waals surface area contributed by atoms with Crippen molar-refractivity contribution in [3.8, 4) is 11.5 Å². The number of carbonyl (C=O) groups is 1. The van der Waals surface area contributed by atoms with Gasteiger partial charge in [0.2, 0.25) is 0 Å². The van der Waals surface area contributed by atoms with E-state index in [1.165, 1.54) is 24.8 Å². The number of hydrogen-bond donors (Lipinski definition) is 2. The molecular weight excluding hydrogens is 354 g/mol. The van der Waals surface area contributed by atoms with Crippen molar-refractivity contribution in [1.29, 1.82) is 0 Å². The summed E-state index contributed by atoms with van der Waals surface area (Å²) in [5.74, 6) is 1.46. The summed E-state index contributed by atoms with van der Waals surface area (Å²) in [6.45, 7) is 4.05. The zero-order valence-electron chi connectivity index (χ0n) is 16.0. The van der Waals surface area contributed by atoms with Crippen molar-refractivity contribution in [3.63, 3.8) is 0 Å². The monoisotopic (exact) mass is 381 g/mol. The van der Waals surface area contributed by atoms with Crippen LogP contribution in [-0.4, -0.2) is 43.3 Å². The second-order valence-corrected chi connectivity index (χ2v) is 7.37. The molecule has 2 N–H and O–H groups in total. The number of hydrogen-bond acceptors (Lipinski definition) is 4. The summed E-state index contributed by atoms with van der Waals surface area (Å²) in [5, 5.41) is 5.78. The fourth-order valence-corrected chi connectivity index (χ4v) is 3.67. The number of carbonyl (C=O) groups excluding carboxylic acids is 1. The van der Waals surface area contributed by atoms with Crippen LogP contribution in [0.4, 0.5) is 10.5 Å². The standard InChI is InChI=1S/C22H27N3O3/c26-22(23-14-19-16-27-20-9-2-3-10-21(20)28-19)24-18-8-6-7-17(13-18)15-25-11-4-1-5-12-25/h2-3,6-10,13,19H,1,4-5,11-12,14-16H2,(H2,23,24,26)/t19-/m1/s1. The van der Waals surface area contributed by atoms with Crippen LogP contribution in [0.3, 0.4) is 0 Å². The minimum atomic E-state index is -0.238. The Kier molecular flexibility index (Phi) is 5.97. The topological polar surface area (TPSA) is 62.8 Å². The molecule has 0 bridgehead atoms. The van der Waals surface area contributed by atoms with Gasteiger partial charge in [-0.15, -0.1) is 0 Å². The third kappa shape index (κ3) is 4.95. The van der Waals surface area contributed by atoms with E-state index in [1.807, 2.05) is 42.5 Å². The molecule has 2 aromatic carbocycles. The maximum absolute atomic E-state index is 12.3. The van der Waals surface area contributed by atoms with Crippen LogP contribution in [0.15, 0.2) is 48.5 Å². The van der Waals surface area contributed by atoms with Crippen molar-refractivity contribution in [3.05, 3.63) is 54.1 Å². The number of para-hydroxylation sites is 2. The van der Waals surface area contributed by atoms with Crippen LogP contribution < -0.4 is 20.1 Å². The Morgan fingerprint density at radius 2 is 1.86 bits per heavy atom. The Bertz CT molecular complexity index is 805. The van der Waals surface area contributed by atoms with Gasteiger partial charge in [0, 0.05) is 12.2 Å². The fraction of sp³-hybridized carbons (Fsp3) is 0.409. The first-order valence-corrected chi connectivity index (χ1v) is 10.0. The smallest absolute Gasteiger partial charge is 0.319 e. The van der Waals surface area contributed by atoms with E-state index >= 15 is 0 Å². The van der Waals surface area contributed by atoms with E-state index in [1.54, 1.807) is 0 Å². The lowest BCUT2D eigenvalue weighted by Gasteiger charge is -2.27. The molecule has 6 heteroatoms. The molecule has 2 aromatic rings. The molecule has 1 atom stereocenters. The molecule has 0 unspecified atom stereocenters. The first-order valence-electron chi connectivity index (χ1n) is 10.0. The van der Waals surface area contributed by atoms with Gasteiger partial charge in [-0.05, 0) is 55.8 Å². The first-order chi connectivity index (χ1) is 13.8. The van der Waals surface area contributed by atoms with Gasteiger partial charge in [-0.1, -0.05) is 30.7 Å². The Labute approximate surface area is 165 Å². The number of anilines is 1. The zero-order chi connectivity index (χ0) is 19.2. The Hall–Kier alpha value is -2.73. The number of piperidine rings is 1. The Morgan fingerprint density at radius 3 is 2.71 bits per heavy atom. The maximum Gasteiger partial charge on any atom is 0.319 e. The molecule has 6 nitrogen and oxygen atoms in total. The van der Waals surface area contributed by atoms with E-state index in [2.05, 4.69) is 21.6 Å². The predicted molar refractivity (Wildman–Crippen MR) is 109 cm³/mol. The molecule has 0 spiro atoms. The minimum absolute atomic E-state index is 0.203. The van der Waals surface area contributed by atoms with E-state index < -0.39 is 0 Å². The normalized spacial score (nSPS) is 19.1. The van der Waals surface area contributed by atoms with Gasteiger partial charge in [-0.25, -0.2) is 4.79 Å². The highest BCUT2D eigenvalue weighted by Gasteiger charge is 2.21. The third-order valence-corrected chi connectivity index (χ3v) is 5.10. The molecular formula is C22H27N3O3. The molecule has 2 heterocycles. The molecule has 28 heavy (non-hydrogen) atoms. The Balaban J connectivity index is 1.25. The summed E-state index contributed by atoms with van der Waals surface area (Å²) in [5.41, 5.74) is 2.03. The second-order valence-electron chi connectivity index (χ2n) is 7.37. The highest BCUT2D eigenvalue weighted by atomic mass is 16.6. The fourth-order valence-electron chi connectivity index (χ4n) is 3.67. The summed E-state index contributed by atoms with van der Waals surface area (Å²) in [6, 6.07) is 15.4. The van der Waals surface area contributed by atoms with Crippen LogP contribution in [-0.2, 0) is 6.54 Å². The van der Waals surface area contributed by atoms with Gasteiger partial charge in [0.25, 0.3) is 0 Å². The predicted octanol–water partition coefficient (Wildman–Crippen LogP) is 3.63. The van der Waals surface area contributed by atoms with Crippen molar-refractivity contribution in [2.45, 2.75) is 31.9 Å². The first kappa shape index (κ1) is 18.6. The highest BCUT2D eigenvalue weighted by molar-refractivity contribution is 5.89. The highest BCUT2D eigenvalue weighted by Crippen LogP contribution is 2.30. The summed E-state index contributed by atoms with van der Waals surface area (Å²) in [6.07, 6.45) is 3.68. The largest absolute Gasteiger partial charge is 0.486 e. The van der Waals surface area contributed by atoms with Crippen LogP contribution in [0.2, 0.25) is 0 Å². The lowest BCUT2D eigenvalue weighted by atomic mass is 10.1.